The highest BCUT2D eigenvalue weighted by atomic mass is 16.2. The molecule has 4 rings (SSSR count). The summed E-state index contributed by atoms with van der Waals surface area (Å²) in [6, 6.07) is 10.4. The summed E-state index contributed by atoms with van der Waals surface area (Å²) in [5.74, 6) is -0.258. The monoisotopic (exact) mass is 427 g/mol. The molecule has 31 heavy (non-hydrogen) atoms. The van der Waals surface area contributed by atoms with Gasteiger partial charge in [-0.2, -0.15) is 0 Å². The first-order chi connectivity index (χ1) is 15.1. The third-order valence-electron chi connectivity index (χ3n) is 6.50. The minimum atomic E-state index is -0.247. The second kappa shape index (κ2) is 10.1. The number of piperazine rings is 1. The summed E-state index contributed by atoms with van der Waals surface area (Å²) in [6.07, 6.45) is 3.89. The van der Waals surface area contributed by atoms with Gasteiger partial charge >= 0.3 is 0 Å². The predicted molar refractivity (Wildman–Crippen MR) is 118 cm³/mol. The van der Waals surface area contributed by atoms with Crippen molar-refractivity contribution in [3.8, 4) is 0 Å². The summed E-state index contributed by atoms with van der Waals surface area (Å²) in [7, 11) is 0. The standard InChI is InChI=1S/C23H33N5O3/c29-21(10-12-26-13-15-27(16-14-26)20-6-2-1-3-7-20)24-25-22(30)19-5-4-11-28(17-19)23(31)18-8-9-18/h1-3,6-7,18-19H,4-5,8-17H2,(H,24,29)(H,25,30). The number of hydrogen-bond acceptors (Lipinski definition) is 5. The molecule has 1 aromatic rings. The van der Waals surface area contributed by atoms with Crippen LogP contribution in [0.4, 0.5) is 5.69 Å². The minimum Gasteiger partial charge on any atom is -0.369 e. The number of piperidine rings is 1. The average Bonchev–Trinajstić information content (AvgIpc) is 3.67. The number of rotatable bonds is 6. The Morgan fingerprint density at radius 2 is 1.61 bits per heavy atom. The highest BCUT2D eigenvalue weighted by molar-refractivity contribution is 5.85. The van der Waals surface area contributed by atoms with Gasteiger partial charge in [-0.15, -0.1) is 0 Å². The number of anilines is 1. The van der Waals surface area contributed by atoms with Crippen LogP contribution in [0.2, 0.25) is 0 Å². The van der Waals surface area contributed by atoms with Crippen LogP contribution in [0.1, 0.15) is 32.1 Å². The molecule has 3 amide bonds. The third kappa shape index (κ3) is 5.97. The summed E-state index contributed by atoms with van der Waals surface area (Å²) in [6.45, 7) is 5.60. The first-order valence-electron chi connectivity index (χ1n) is 11.5. The molecule has 1 atom stereocenters. The van der Waals surface area contributed by atoms with Crippen LogP contribution in [0.25, 0.3) is 0 Å². The van der Waals surface area contributed by atoms with Gasteiger partial charge in [0.2, 0.25) is 17.7 Å². The number of nitrogens with zero attached hydrogens (tertiary/aromatic N) is 3. The van der Waals surface area contributed by atoms with Gasteiger partial charge < -0.3 is 9.80 Å². The molecule has 0 spiro atoms. The van der Waals surface area contributed by atoms with Crippen LogP contribution in [0.3, 0.4) is 0 Å². The van der Waals surface area contributed by atoms with Crippen molar-refractivity contribution in [2.24, 2.45) is 11.8 Å². The van der Waals surface area contributed by atoms with Crippen molar-refractivity contribution in [2.75, 3.05) is 50.7 Å². The maximum Gasteiger partial charge on any atom is 0.243 e. The van der Waals surface area contributed by atoms with Gasteiger partial charge in [-0.3, -0.25) is 30.1 Å². The molecule has 1 saturated carbocycles. The lowest BCUT2D eigenvalue weighted by molar-refractivity contribution is -0.138. The number of hydrazine groups is 1. The van der Waals surface area contributed by atoms with Crippen molar-refractivity contribution in [2.45, 2.75) is 32.1 Å². The van der Waals surface area contributed by atoms with E-state index in [1.165, 1.54) is 5.69 Å². The highest BCUT2D eigenvalue weighted by Crippen LogP contribution is 2.32. The van der Waals surface area contributed by atoms with Gasteiger partial charge in [0.05, 0.1) is 5.92 Å². The van der Waals surface area contributed by atoms with E-state index in [4.69, 9.17) is 0 Å². The fraction of sp³-hybridized carbons (Fsp3) is 0.609. The average molecular weight is 428 g/mol. The Morgan fingerprint density at radius 1 is 0.871 bits per heavy atom. The minimum absolute atomic E-state index is 0.177. The zero-order valence-corrected chi connectivity index (χ0v) is 18.1. The molecule has 2 heterocycles. The molecule has 0 bridgehead atoms. The van der Waals surface area contributed by atoms with Crippen molar-refractivity contribution in [1.82, 2.24) is 20.7 Å². The summed E-state index contributed by atoms with van der Waals surface area (Å²) in [5.41, 5.74) is 6.36. The number of nitrogens with one attached hydrogen (secondary N) is 2. The first-order valence-corrected chi connectivity index (χ1v) is 11.5. The van der Waals surface area contributed by atoms with Crippen molar-refractivity contribution < 1.29 is 14.4 Å². The summed E-state index contributed by atoms with van der Waals surface area (Å²) < 4.78 is 0. The maximum absolute atomic E-state index is 12.5. The number of hydrogen-bond donors (Lipinski definition) is 2. The van der Waals surface area contributed by atoms with Crippen LogP contribution < -0.4 is 15.8 Å². The summed E-state index contributed by atoms with van der Waals surface area (Å²) in [5, 5.41) is 0. The molecule has 0 aromatic heterocycles. The van der Waals surface area contributed by atoms with Gasteiger partial charge in [-0.1, -0.05) is 18.2 Å². The first kappa shape index (κ1) is 21.6. The fourth-order valence-corrected chi connectivity index (χ4v) is 4.40. The summed E-state index contributed by atoms with van der Waals surface area (Å²) in [4.78, 5) is 43.4. The van der Waals surface area contributed by atoms with E-state index in [1.807, 2.05) is 11.0 Å². The van der Waals surface area contributed by atoms with Crippen molar-refractivity contribution >= 4 is 23.4 Å². The normalized spacial score (nSPS) is 22.1. The molecule has 2 saturated heterocycles. The van der Waals surface area contributed by atoms with Gasteiger partial charge in [0, 0.05) is 63.8 Å². The Bertz CT molecular complexity index is 775. The largest absolute Gasteiger partial charge is 0.369 e. The van der Waals surface area contributed by atoms with Crippen molar-refractivity contribution in [3.05, 3.63) is 30.3 Å². The molecule has 1 aliphatic carbocycles. The Labute approximate surface area is 183 Å². The van der Waals surface area contributed by atoms with E-state index in [1.54, 1.807) is 0 Å². The Morgan fingerprint density at radius 3 is 2.32 bits per heavy atom. The van der Waals surface area contributed by atoms with Gasteiger partial charge in [-0.05, 0) is 37.8 Å². The zero-order valence-electron chi connectivity index (χ0n) is 18.1. The number of likely N-dealkylation sites (tertiary alicyclic amines) is 1. The second-order valence-electron chi connectivity index (χ2n) is 8.85. The molecular formula is C23H33N5O3. The predicted octanol–water partition coefficient (Wildman–Crippen LogP) is 0.995. The van der Waals surface area contributed by atoms with Crippen LogP contribution in [-0.4, -0.2) is 73.3 Å². The number of benzene rings is 1. The molecule has 3 aliphatic rings. The van der Waals surface area contributed by atoms with E-state index in [2.05, 4.69) is 44.9 Å². The van der Waals surface area contributed by atoms with Crippen LogP contribution in [-0.2, 0) is 14.4 Å². The van der Waals surface area contributed by atoms with Gasteiger partial charge in [0.25, 0.3) is 0 Å². The van der Waals surface area contributed by atoms with Gasteiger partial charge in [-0.25, -0.2) is 0 Å². The third-order valence-corrected chi connectivity index (χ3v) is 6.50. The topological polar surface area (TPSA) is 85.0 Å². The second-order valence-corrected chi connectivity index (χ2v) is 8.85. The van der Waals surface area contributed by atoms with E-state index in [0.717, 1.165) is 58.4 Å². The van der Waals surface area contributed by atoms with Crippen molar-refractivity contribution in [1.29, 1.82) is 0 Å². The van der Waals surface area contributed by atoms with E-state index in [0.29, 0.717) is 19.5 Å². The lowest BCUT2D eigenvalue weighted by Gasteiger charge is -2.36. The number of para-hydroxylation sites is 1. The molecule has 8 heteroatoms. The number of amides is 3. The number of carbonyl (C=O) groups excluding carboxylic acids is 3. The smallest absolute Gasteiger partial charge is 0.243 e. The van der Waals surface area contributed by atoms with Crippen LogP contribution in [0.5, 0.6) is 0 Å². The Kier molecular flexibility index (Phi) is 7.06. The van der Waals surface area contributed by atoms with Gasteiger partial charge in [0.1, 0.15) is 0 Å². The maximum atomic E-state index is 12.5. The molecule has 8 nitrogen and oxygen atoms in total. The molecule has 2 aliphatic heterocycles. The number of carbonyl (C=O) groups is 3. The van der Waals surface area contributed by atoms with Crippen LogP contribution in [0, 0.1) is 11.8 Å². The molecule has 2 N–H and O–H groups in total. The van der Waals surface area contributed by atoms with E-state index in [9.17, 15) is 14.4 Å². The molecule has 3 fully saturated rings. The van der Waals surface area contributed by atoms with E-state index < -0.39 is 0 Å². The van der Waals surface area contributed by atoms with Crippen LogP contribution >= 0.6 is 0 Å². The molecule has 1 aromatic carbocycles. The Hall–Kier alpha value is -2.61. The van der Waals surface area contributed by atoms with E-state index in [-0.39, 0.29) is 29.6 Å². The lowest BCUT2D eigenvalue weighted by atomic mass is 9.97. The van der Waals surface area contributed by atoms with Crippen LogP contribution in [0.15, 0.2) is 30.3 Å². The molecule has 1 unspecified atom stereocenters. The summed E-state index contributed by atoms with van der Waals surface area (Å²) >= 11 is 0. The zero-order chi connectivity index (χ0) is 21.6. The van der Waals surface area contributed by atoms with Crippen molar-refractivity contribution in [3.63, 3.8) is 0 Å². The molecule has 168 valence electrons. The Balaban J connectivity index is 1.12. The fourth-order valence-electron chi connectivity index (χ4n) is 4.40. The van der Waals surface area contributed by atoms with Gasteiger partial charge in [0.15, 0.2) is 0 Å². The van der Waals surface area contributed by atoms with E-state index >= 15 is 0 Å². The SMILES string of the molecule is O=C(CCN1CCN(c2ccccc2)CC1)NNC(=O)C1CCCN(C(=O)C2CC2)C1. The highest BCUT2D eigenvalue weighted by Gasteiger charge is 2.36. The quantitative estimate of drug-likeness (QED) is 0.662. The lowest BCUT2D eigenvalue weighted by Crippen LogP contribution is -2.51. The molecular weight excluding hydrogens is 394 g/mol. The molecule has 0 radical (unpaired) electrons.